The summed E-state index contributed by atoms with van der Waals surface area (Å²) in [6.45, 7) is 5.01. The van der Waals surface area contributed by atoms with Gasteiger partial charge < -0.3 is 10.3 Å². The number of pyridine rings is 1. The highest BCUT2D eigenvalue weighted by molar-refractivity contribution is 5.89. The van der Waals surface area contributed by atoms with Crippen LogP contribution in [0.5, 0.6) is 0 Å². The van der Waals surface area contributed by atoms with E-state index in [0.29, 0.717) is 0 Å². The van der Waals surface area contributed by atoms with E-state index < -0.39 is 0 Å². The van der Waals surface area contributed by atoms with Gasteiger partial charge in [0.2, 0.25) is 0 Å². The van der Waals surface area contributed by atoms with Gasteiger partial charge in [-0.3, -0.25) is 0 Å². The fourth-order valence-corrected chi connectivity index (χ4v) is 1.50. The Morgan fingerprint density at radius 1 is 1.54 bits per heavy atom. The van der Waals surface area contributed by atoms with Crippen molar-refractivity contribution in [3.05, 3.63) is 24.0 Å². The zero-order valence-electron chi connectivity index (χ0n) is 7.89. The van der Waals surface area contributed by atoms with E-state index >= 15 is 0 Å². The molecule has 0 radical (unpaired) electrons. The molecule has 3 nitrogen and oxygen atoms in total. The summed E-state index contributed by atoms with van der Waals surface area (Å²) < 4.78 is 0. The van der Waals surface area contributed by atoms with E-state index in [0.717, 1.165) is 17.9 Å². The molecule has 2 N–H and O–H groups in total. The first-order valence-electron chi connectivity index (χ1n) is 4.49. The second kappa shape index (κ2) is 3.09. The summed E-state index contributed by atoms with van der Waals surface area (Å²) in [6, 6.07) is 4.14. The first-order chi connectivity index (χ1) is 6.31. The zero-order chi connectivity index (χ0) is 9.26. The number of fused-ring (bicyclic) bond motifs is 1. The highest BCUT2D eigenvalue weighted by atomic mass is 15.0. The third kappa shape index (κ3) is 1.37. The van der Waals surface area contributed by atoms with Gasteiger partial charge in [0.05, 0.1) is 5.52 Å². The van der Waals surface area contributed by atoms with Crippen LogP contribution >= 0.6 is 0 Å². The summed E-state index contributed by atoms with van der Waals surface area (Å²) in [7, 11) is 0. The minimum Gasteiger partial charge on any atom is -0.369 e. The topological polar surface area (TPSA) is 40.7 Å². The summed E-state index contributed by atoms with van der Waals surface area (Å²) in [5.41, 5.74) is 2.27. The molecule has 0 saturated heterocycles. The van der Waals surface area contributed by atoms with Gasteiger partial charge in [-0.15, -0.1) is 0 Å². The third-order valence-electron chi connectivity index (χ3n) is 2.02. The molecular weight excluding hydrogens is 162 g/mol. The van der Waals surface area contributed by atoms with Crippen LogP contribution in [0.25, 0.3) is 10.9 Å². The minimum absolute atomic E-state index is 0.893. The first kappa shape index (κ1) is 8.10. The molecule has 0 fully saturated rings. The molecular formula is C10H13N3. The van der Waals surface area contributed by atoms with Crippen LogP contribution in [0.3, 0.4) is 0 Å². The number of aryl methyl sites for hydroxylation is 1. The van der Waals surface area contributed by atoms with Crippen molar-refractivity contribution in [1.29, 1.82) is 0 Å². The van der Waals surface area contributed by atoms with Gasteiger partial charge in [-0.1, -0.05) is 0 Å². The second-order valence-corrected chi connectivity index (χ2v) is 3.11. The van der Waals surface area contributed by atoms with Crippen LogP contribution in [0.15, 0.2) is 18.3 Å². The lowest BCUT2D eigenvalue weighted by atomic mass is 10.3. The van der Waals surface area contributed by atoms with Crippen molar-refractivity contribution in [2.45, 2.75) is 13.8 Å². The molecule has 2 heterocycles. The van der Waals surface area contributed by atoms with E-state index in [4.69, 9.17) is 0 Å². The SMILES string of the molecule is CCNc1nccc2cc(C)[nH]c12. The normalized spacial score (nSPS) is 10.6. The van der Waals surface area contributed by atoms with E-state index in [-0.39, 0.29) is 0 Å². The predicted octanol–water partition coefficient (Wildman–Crippen LogP) is 2.30. The highest BCUT2D eigenvalue weighted by Gasteiger charge is 2.02. The molecule has 0 atom stereocenters. The van der Waals surface area contributed by atoms with Crippen molar-refractivity contribution in [2.24, 2.45) is 0 Å². The van der Waals surface area contributed by atoms with Gasteiger partial charge in [-0.2, -0.15) is 0 Å². The van der Waals surface area contributed by atoms with Gasteiger partial charge in [-0.25, -0.2) is 4.98 Å². The molecule has 2 aromatic rings. The average molecular weight is 175 g/mol. The Hall–Kier alpha value is -1.51. The van der Waals surface area contributed by atoms with E-state index in [1.54, 1.807) is 0 Å². The molecule has 0 aromatic carbocycles. The fourth-order valence-electron chi connectivity index (χ4n) is 1.50. The largest absolute Gasteiger partial charge is 0.369 e. The van der Waals surface area contributed by atoms with Crippen LogP contribution in [-0.2, 0) is 0 Å². The number of aromatic nitrogens is 2. The summed E-state index contributed by atoms with van der Waals surface area (Å²) in [5.74, 6) is 0.938. The molecule has 0 saturated carbocycles. The number of anilines is 1. The van der Waals surface area contributed by atoms with Gasteiger partial charge in [0.1, 0.15) is 5.82 Å². The van der Waals surface area contributed by atoms with Crippen LogP contribution in [0.2, 0.25) is 0 Å². The maximum atomic E-state index is 4.27. The summed E-state index contributed by atoms with van der Waals surface area (Å²) in [4.78, 5) is 7.55. The quantitative estimate of drug-likeness (QED) is 0.735. The Labute approximate surface area is 77.2 Å². The molecule has 3 heteroatoms. The van der Waals surface area contributed by atoms with Crippen molar-refractivity contribution in [3.8, 4) is 0 Å². The predicted molar refractivity (Wildman–Crippen MR) is 55.0 cm³/mol. The van der Waals surface area contributed by atoms with Gasteiger partial charge in [0.25, 0.3) is 0 Å². The van der Waals surface area contributed by atoms with Gasteiger partial charge in [0.15, 0.2) is 0 Å². The molecule has 68 valence electrons. The van der Waals surface area contributed by atoms with Crippen molar-refractivity contribution in [1.82, 2.24) is 9.97 Å². The summed E-state index contributed by atoms with van der Waals surface area (Å²) in [6.07, 6.45) is 1.83. The molecule has 0 aliphatic carbocycles. The Kier molecular flexibility index (Phi) is 1.93. The van der Waals surface area contributed by atoms with E-state index in [1.165, 1.54) is 11.1 Å². The minimum atomic E-state index is 0.893. The number of H-pyrrole nitrogens is 1. The smallest absolute Gasteiger partial charge is 0.150 e. The van der Waals surface area contributed by atoms with Gasteiger partial charge in [-0.05, 0) is 26.0 Å². The molecule has 0 aliphatic heterocycles. The van der Waals surface area contributed by atoms with Crippen molar-refractivity contribution in [3.63, 3.8) is 0 Å². The lowest BCUT2D eigenvalue weighted by Gasteiger charge is -2.02. The monoisotopic (exact) mass is 175 g/mol. The van der Waals surface area contributed by atoms with E-state index in [2.05, 4.69) is 35.2 Å². The molecule has 2 rings (SSSR count). The highest BCUT2D eigenvalue weighted by Crippen LogP contribution is 2.20. The van der Waals surface area contributed by atoms with E-state index in [9.17, 15) is 0 Å². The maximum Gasteiger partial charge on any atom is 0.150 e. The van der Waals surface area contributed by atoms with Crippen molar-refractivity contribution >= 4 is 16.7 Å². The molecule has 0 amide bonds. The molecule has 0 bridgehead atoms. The Morgan fingerprint density at radius 2 is 2.38 bits per heavy atom. The first-order valence-corrected chi connectivity index (χ1v) is 4.49. The fraction of sp³-hybridized carbons (Fsp3) is 0.300. The Morgan fingerprint density at radius 3 is 3.15 bits per heavy atom. The van der Waals surface area contributed by atoms with Gasteiger partial charge >= 0.3 is 0 Å². The number of hydrogen-bond acceptors (Lipinski definition) is 2. The average Bonchev–Trinajstić information content (AvgIpc) is 2.47. The molecule has 13 heavy (non-hydrogen) atoms. The van der Waals surface area contributed by atoms with Crippen molar-refractivity contribution < 1.29 is 0 Å². The summed E-state index contributed by atoms with van der Waals surface area (Å²) in [5, 5.41) is 4.43. The summed E-state index contributed by atoms with van der Waals surface area (Å²) >= 11 is 0. The Balaban J connectivity index is 2.60. The molecule has 0 aliphatic rings. The van der Waals surface area contributed by atoms with Crippen LogP contribution < -0.4 is 5.32 Å². The number of aromatic amines is 1. The molecule has 0 unspecified atom stereocenters. The number of nitrogens with zero attached hydrogens (tertiary/aromatic N) is 1. The molecule has 2 aromatic heterocycles. The zero-order valence-corrected chi connectivity index (χ0v) is 7.89. The van der Waals surface area contributed by atoms with Crippen LogP contribution in [0, 0.1) is 6.92 Å². The number of nitrogens with one attached hydrogen (secondary N) is 2. The van der Waals surface area contributed by atoms with Crippen LogP contribution in [0.4, 0.5) is 5.82 Å². The third-order valence-corrected chi connectivity index (χ3v) is 2.02. The van der Waals surface area contributed by atoms with Crippen LogP contribution in [-0.4, -0.2) is 16.5 Å². The molecule has 0 spiro atoms. The number of hydrogen-bond donors (Lipinski definition) is 2. The second-order valence-electron chi connectivity index (χ2n) is 3.11. The van der Waals surface area contributed by atoms with Crippen LogP contribution in [0.1, 0.15) is 12.6 Å². The number of rotatable bonds is 2. The van der Waals surface area contributed by atoms with Gasteiger partial charge in [0, 0.05) is 23.8 Å². The Bertz CT molecular complexity index is 417. The lowest BCUT2D eigenvalue weighted by molar-refractivity contribution is 1.16. The maximum absolute atomic E-state index is 4.27. The lowest BCUT2D eigenvalue weighted by Crippen LogP contribution is -1.99. The van der Waals surface area contributed by atoms with E-state index in [1.807, 2.05) is 12.3 Å². The standard InChI is InChI=1S/C10H13N3/c1-3-11-10-9-8(4-5-12-10)6-7(2)13-9/h4-6,13H,3H2,1-2H3,(H,11,12). The van der Waals surface area contributed by atoms with Crippen molar-refractivity contribution in [2.75, 3.05) is 11.9 Å².